The summed E-state index contributed by atoms with van der Waals surface area (Å²) in [6.45, 7) is 2.94. The van der Waals surface area contributed by atoms with Crippen LogP contribution in [-0.2, 0) is 0 Å². The summed E-state index contributed by atoms with van der Waals surface area (Å²) in [5, 5.41) is 1.17. The molecule has 2 aromatic carbocycles. The van der Waals surface area contributed by atoms with E-state index in [9.17, 15) is 0 Å². The first kappa shape index (κ1) is 13.8. The van der Waals surface area contributed by atoms with Gasteiger partial charge in [0.05, 0.1) is 11.2 Å². The molecule has 0 saturated carbocycles. The normalized spacial score (nSPS) is 12.5. The number of hydrogen-bond donors (Lipinski definition) is 1. The molecule has 1 atom stereocenters. The Kier molecular flexibility index (Phi) is 3.98. The predicted octanol–water partition coefficient (Wildman–Crippen LogP) is 4.35. The van der Waals surface area contributed by atoms with E-state index >= 15 is 0 Å². The van der Waals surface area contributed by atoms with Gasteiger partial charge in [-0.15, -0.1) is 0 Å². The summed E-state index contributed by atoms with van der Waals surface area (Å²) >= 11 is 0. The average molecular weight is 276 g/mol. The van der Waals surface area contributed by atoms with E-state index < -0.39 is 0 Å². The van der Waals surface area contributed by atoms with Crippen molar-refractivity contribution in [1.29, 1.82) is 0 Å². The summed E-state index contributed by atoms with van der Waals surface area (Å²) in [7, 11) is 0. The molecule has 0 radical (unpaired) electrons. The molecule has 2 nitrogen and oxygen atoms in total. The third-order valence-corrected chi connectivity index (χ3v) is 3.95. The second-order valence-electron chi connectivity index (χ2n) is 5.49. The summed E-state index contributed by atoms with van der Waals surface area (Å²) in [5.74, 6) is 0.482. The van der Waals surface area contributed by atoms with Crippen LogP contribution in [0.3, 0.4) is 0 Å². The van der Waals surface area contributed by atoms with Crippen LogP contribution in [0.25, 0.3) is 22.2 Å². The van der Waals surface area contributed by atoms with Crippen molar-refractivity contribution in [3.63, 3.8) is 0 Å². The Morgan fingerprint density at radius 1 is 1.00 bits per heavy atom. The van der Waals surface area contributed by atoms with Crippen molar-refractivity contribution in [3.05, 3.63) is 66.2 Å². The van der Waals surface area contributed by atoms with Crippen LogP contribution >= 0.6 is 0 Å². The van der Waals surface area contributed by atoms with Crippen LogP contribution in [-0.4, -0.2) is 11.5 Å². The summed E-state index contributed by atoms with van der Waals surface area (Å²) in [4.78, 5) is 4.77. The van der Waals surface area contributed by atoms with Crippen molar-refractivity contribution in [2.45, 2.75) is 19.3 Å². The molecule has 1 unspecified atom stereocenters. The van der Waals surface area contributed by atoms with Crippen LogP contribution in [0.2, 0.25) is 0 Å². The summed E-state index contributed by atoms with van der Waals surface area (Å²) in [5.41, 5.74) is 10.2. The van der Waals surface area contributed by atoms with E-state index in [0.29, 0.717) is 5.92 Å². The van der Waals surface area contributed by atoms with E-state index in [4.69, 9.17) is 10.7 Å². The zero-order valence-corrected chi connectivity index (χ0v) is 12.3. The molecule has 1 heterocycles. The van der Waals surface area contributed by atoms with E-state index in [0.717, 1.165) is 24.2 Å². The van der Waals surface area contributed by atoms with E-state index in [2.05, 4.69) is 55.5 Å². The molecule has 3 aromatic rings. The van der Waals surface area contributed by atoms with Gasteiger partial charge in [0.15, 0.2) is 0 Å². The zero-order chi connectivity index (χ0) is 14.7. The number of aromatic nitrogens is 1. The second-order valence-corrected chi connectivity index (χ2v) is 5.49. The van der Waals surface area contributed by atoms with Gasteiger partial charge in [-0.2, -0.15) is 0 Å². The molecular weight excluding hydrogens is 256 g/mol. The van der Waals surface area contributed by atoms with Gasteiger partial charge < -0.3 is 5.73 Å². The average Bonchev–Trinajstić information content (AvgIpc) is 2.55. The molecule has 3 rings (SSSR count). The second kappa shape index (κ2) is 6.06. The fourth-order valence-electron chi connectivity index (χ4n) is 2.65. The molecule has 0 fully saturated rings. The number of rotatable bonds is 4. The van der Waals surface area contributed by atoms with Gasteiger partial charge in [-0.25, -0.2) is 4.98 Å². The van der Waals surface area contributed by atoms with Crippen molar-refractivity contribution in [1.82, 2.24) is 4.98 Å². The van der Waals surface area contributed by atoms with Gasteiger partial charge in [0.25, 0.3) is 0 Å². The first-order valence-electron chi connectivity index (χ1n) is 7.44. The standard InChI is InChI=1S/C19H20N2/c1-14(11-12-20)16-6-4-7-17(13-16)19-10-9-15-5-2-3-8-18(15)21-19/h2-10,13-14H,11-12,20H2,1H3. The molecular formula is C19H20N2. The first-order chi connectivity index (χ1) is 10.3. The minimum absolute atomic E-state index is 0.482. The molecule has 0 aliphatic heterocycles. The van der Waals surface area contributed by atoms with Crippen LogP contribution in [0.15, 0.2) is 60.7 Å². The van der Waals surface area contributed by atoms with Crippen LogP contribution in [0.5, 0.6) is 0 Å². The third kappa shape index (κ3) is 2.96. The minimum Gasteiger partial charge on any atom is -0.330 e. The lowest BCUT2D eigenvalue weighted by Crippen LogP contribution is -2.04. The topological polar surface area (TPSA) is 38.9 Å². The minimum atomic E-state index is 0.482. The van der Waals surface area contributed by atoms with Crippen LogP contribution in [0.1, 0.15) is 24.8 Å². The smallest absolute Gasteiger partial charge is 0.0709 e. The van der Waals surface area contributed by atoms with Gasteiger partial charge in [0, 0.05) is 10.9 Å². The number of nitrogens with zero attached hydrogens (tertiary/aromatic N) is 1. The van der Waals surface area contributed by atoms with E-state index in [-0.39, 0.29) is 0 Å². The number of pyridine rings is 1. The third-order valence-electron chi connectivity index (χ3n) is 3.95. The quantitative estimate of drug-likeness (QED) is 0.769. The highest BCUT2D eigenvalue weighted by atomic mass is 14.7. The van der Waals surface area contributed by atoms with E-state index in [1.54, 1.807) is 0 Å². The monoisotopic (exact) mass is 276 g/mol. The molecule has 2 heteroatoms. The number of benzene rings is 2. The number of fused-ring (bicyclic) bond motifs is 1. The molecule has 0 aliphatic rings. The zero-order valence-electron chi connectivity index (χ0n) is 12.3. The fourth-order valence-corrected chi connectivity index (χ4v) is 2.65. The molecule has 0 bridgehead atoms. The van der Waals surface area contributed by atoms with Gasteiger partial charge in [0.1, 0.15) is 0 Å². The molecule has 0 amide bonds. The molecule has 21 heavy (non-hydrogen) atoms. The van der Waals surface area contributed by atoms with Crippen molar-refractivity contribution in [2.75, 3.05) is 6.54 Å². The maximum atomic E-state index is 5.67. The summed E-state index contributed by atoms with van der Waals surface area (Å²) in [6, 6.07) is 21.1. The highest BCUT2D eigenvalue weighted by molar-refractivity contribution is 5.81. The van der Waals surface area contributed by atoms with Gasteiger partial charge in [0.2, 0.25) is 0 Å². The van der Waals surface area contributed by atoms with Crippen molar-refractivity contribution in [2.24, 2.45) is 5.73 Å². The Hall–Kier alpha value is -2.19. The van der Waals surface area contributed by atoms with Crippen molar-refractivity contribution >= 4 is 10.9 Å². The Labute approximate surface area is 125 Å². The van der Waals surface area contributed by atoms with Crippen LogP contribution in [0, 0.1) is 0 Å². The predicted molar refractivity (Wildman–Crippen MR) is 89.3 cm³/mol. The lowest BCUT2D eigenvalue weighted by atomic mass is 9.95. The van der Waals surface area contributed by atoms with Crippen LogP contribution < -0.4 is 5.73 Å². The van der Waals surface area contributed by atoms with Crippen molar-refractivity contribution in [3.8, 4) is 11.3 Å². The molecule has 0 aliphatic carbocycles. The van der Waals surface area contributed by atoms with Gasteiger partial charge in [-0.05, 0) is 42.6 Å². The maximum absolute atomic E-state index is 5.67. The van der Waals surface area contributed by atoms with Crippen LogP contribution in [0.4, 0.5) is 0 Å². The molecule has 2 N–H and O–H groups in total. The SMILES string of the molecule is CC(CCN)c1cccc(-c2ccc3ccccc3n2)c1. The highest BCUT2D eigenvalue weighted by Gasteiger charge is 2.07. The highest BCUT2D eigenvalue weighted by Crippen LogP contribution is 2.25. The van der Waals surface area contributed by atoms with Gasteiger partial charge in [-0.1, -0.05) is 49.4 Å². The Balaban J connectivity index is 2.00. The Morgan fingerprint density at radius 2 is 1.86 bits per heavy atom. The Bertz CT molecular complexity index is 749. The number of hydrogen-bond acceptors (Lipinski definition) is 2. The molecule has 0 spiro atoms. The largest absolute Gasteiger partial charge is 0.330 e. The van der Waals surface area contributed by atoms with E-state index in [1.165, 1.54) is 16.5 Å². The Morgan fingerprint density at radius 3 is 2.71 bits per heavy atom. The number of nitrogens with two attached hydrogens (primary N) is 1. The fraction of sp³-hybridized carbons (Fsp3) is 0.211. The summed E-state index contributed by atoms with van der Waals surface area (Å²) < 4.78 is 0. The van der Waals surface area contributed by atoms with Gasteiger partial charge in [-0.3, -0.25) is 0 Å². The van der Waals surface area contributed by atoms with Crippen molar-refractivity contribution < 1.29 is 0 Å². The maximum Gasteiger partial charge on any atom is 0.0709 e. The van der Waals surface area contributed by atoms with Gasteiger partial charge >= 0.3 is 0 Å². The van der Waals surface area contributed by atoms with E-state index in [1.807, 2.05) is 12.1 Å². The molecule has 0 saturated heterocycles. The first-order valence-corrected chi connectivity index (χ1v) is 7.44. The number of para-hydroxylation sites is 1. The lowest BCUT2D eigenvalue weighted by Gasteiger charge is -2.12. The lowest BCUT2D eigenvalue weighted by molar-refractivity contribution is 0.690. The summed E-state index contributed by atoms with van der Waals surface area (Å²) in [6.07, 6.45) is 1.01. The molecule has 1 aromatic heterocycles. The molecule has 106 valence electrons.